The minimum absolute atomic E-state index is 0.0905. The van der Waals surface area contributed by atoms with Gasteiger partial charge in [-0.1, -0.05) is 42.1 Å². The summed E-state index contributed by atoms with van der Waals surface area (Å²) in [6.07, 6.45) is 2.09. The summed E-state index contributed by atoms with van der Waals surface area (Å²) in [5.74, 6) is 0.0639. The average molecular weight is 463 g/mol. The SMILES string of the molecule is Cc1cccc(-n2c(SCC(=O)NCC3CCCO3)nc3c([nH]c4ccccc43)c2=O)c1C. The van der Waals surface area contributed by atoms with Gasteiger partial charge in [0.25, 0.3) is 5.56 Å². The molecule has 0 spiro atoms. The fourth-order valence-electron chi connectivity index (χ4n) is 4.24. The molecule has 0 aliphatic carbocycles. The number of thioether (sulfide) groups is 1. The van der Waals surface area contributed by atoms with Gasteiger partial charge in [0.2, 0.25) is 5.91 Å². The Morgan fingerprint density at radius 1 is 1.24 bits per heavy atom. The van der Waals surface area contributed by atoms with Gasteiger partial charge in [-0.2, -0.15) is 0 Å². The van der Waals surface area contributed by atoms with E-state index < -0.39 is 0 Å². The maximum absolute atomic E-state index is 13.7. The zero-order valence-corrected chi connectivity index (χ0v) is 19.5. The van der Waals surface area contributed by atoms with Crippen molar-refractivity contribution in [2.24, 2.45) is 0 Å². The van der Waals surface area contributed by atoms with Gasteiger partial charge in [-0.25, -0.2) is 4.98 Å². The summed E-state index contributed by atoms with van der Waals surface area (Å²) in [7, 11) is 0. The molecule has 2 aromatic heterocycles. The highest BCUT2D eigenvalue weighted by molar-refractivity contribution is 7.99. The van der Waals surface area contributed by atoms with Crippen LogP contribution in [-0.2, 0) is 9.53 Å². The Bertz CT molecular complexity index is 1400. The topological polar surface area (TPSA) is 89.0 Å². The van der Waals surface area contributed by atoms with E-state index in [4.69, 9.17) is 9.72 Å². The van der Waals surface area contributed by atoms with Crippen molar-refractivity contribution >= 4 is 39.6 Å². The standard InChI is InChI=1S/C25H26N4O3S/c1-15-7-5-11-20(16(15)2)29-24(31)23-22(18-9-3-4-10-19(18)27-23)28-25(29)33-14-21(30)26-13-17-8-6-12-32-17/h3-5,7,9-11,17,27H,6,8,12-14H2,1-2H3,(H,26,30). The monoisotopic (exact) mass is 462 g/mol. The molecular weight excluding hydrogens is 436 g/mol. The van der Waals surface area contributed by atoms with Gasteiger partial charge < -0.3 is 15.0 Å². The molecule has 0 bridgehead atoms. The molecule has 170 valence electrons. The summed E-state index contributed by atoms with van der Waals surface area (Å²) < 4.78 is 7.20. The molecule has 4 aromatic rings. The molecule has 2 aromatic carbocycles. The number of aromatic nitrogens is 3. The van der Waals surface area contributed by atoms with Crippen LogP contribution in [0.4, 0.5) is 0 Å². The Labute approximate surface area is 195 Å². The van der Waals surface area contributed by atoms with Crippen LogP contribution in [-0.4, -0.2) is 45.5 Å². The van der Waals surface area contributed by atoms with Crippen LogP contribution in [0.1, 0.15) is 24.0 Å². The number of hydrogen-bond donors (Lipinski definition) is 2. The molecule has 5 rings (SSSR count). The van der Waals surface area contributed by atoms with Crippen molar-refractivity contribution in [2.75, 3.05) is 18.9 Å². The lowest BCUT2D eigenvalue weighted by molar-refractivity contribution is -0.119. The summed E-state index contributed by atoms with van der Waals surface area (Å²) in [6, 6.07) is 13.6. The predicted octanol–water partition coefficient (Wildman–Crippen LogP) is 3.87. The number of fused-ring (bicyclic) bond motifs is 3. The molecule has 7 nitrogen and oxygen atoms in total. The first-order valence-electron chi connectivity index (χ1n) is 11.1. The fraction of sp³-hybridized carbons (Fsp3) is 0.320. The molecule has 1 aliphatic heterocycles. The number of aryl methyl sites for hydroxylation is 1. The van der Waals surface area contributed by atoms with E-state index in [1.54, 1.807) is 4.57 Å². The van der Waals surface area contributed by atoms with Gasteiger partial charge in [-0.15, -0.1) is 0 Å². The summed E-state index contributed by atoms with van der Waals surface area (Å²) in [6.45, 7) is 5.28. The van der Waals surface area contributed by atoms with Gasteiger partial charge in [0.1, 0.15) is 11.0 Å². The van der Waals surface area contributed by atoms with Crippen molar-refractivity contribution < 1.29 is 9.53 Å². The lowest BCUT2D eigenvalue weighted by atomic mass is 10.1. The molecule has 0 saturated carbocycles. The number of aromatic amines is 1. The summed E-state index contributed by atoms with van der Waals surface area (Å²) >= 11 is 1.27. The van der Waals surface area contributed by atoms with Crippen LogP contribution in [0.3, 0.4) is 0 Å². The van der Waals surface area contributed by atoms with Crippen molar-refractivity contribution in [2.45, 2.75) is 37.9 Å². The normalized spacial score (nSPS) is 16.0. The van der Waals surface area contributed by atoms with Gasteiger partial charge in [0.05, 0.1) is 17.5 Å². The van der Waals surface area contributed by atoms with E-state index in [0.717, 1.165) is 47.2 Å². The second-order valence-electron chi connectivity index (χ2n) is 8.38. The molecule has 1 amide bonds. The van der Waals surface area contributed by atoms with Crippen LogP contribution in [0.25, 0.3) is 27.6 Å². The number of carbonyl (C=O) groups is 1. The first kappa shape index (κ1) is 21.7. The summed E-state index contributed by atoms with van der Waals surface area (Å²) in [5, 5.41) is 4.33. The number of hydrogen-bond acceptors (Lipinski definition) is 5. The van der Waals surface area contributed by atoms with Crippen molar-refractivity contribution in [1.29, 1.82) is 0 Å². The Balaban J connectivity index is 1.55. The molecule has 1 unspecified atom stereocenters. The van der Waals surface area contributed by atoms with E-state index in [2.05, 4.69) is 10.3 Å². The maximum atomic E-state index is 13.7. The van der Waals surface area contributed by atoms with E-state index in [0.29, 0.717) is 22.7 Å². The fourth-order valence-corrected chi connectivity index (χ4v) is 5.07. The van der Waals surface area contributed by atoms with Gasteiger partial charge in [0, 0.05) is 24.1 Å². The van der Waals surface area contributed by atoms with E-state index in [-0.39, 0.29) is 23.3 Å². The number of para-hydroxylation sites is 1. The quantitative estimate of drug-likeness (QED) is 0.335. The first-order valence-corrected chi connectivity index (χ1v) is 12.1. The van der Waals surface area contributed by atoms with Crippen LogP contribution >= 0.6 is 11.8 Å². The number of rotatable bonds is 6. The smallest absolute Gasteiger partial charge is 0.283 e. The van der Waals surface area contributed by atoms with Crippen molar-refractivity contribution in [3.63, 3.8) is 0 Å². The average Bonchev–Trinajstić information content (AvgIpc) is 3.47. The molecule has 1 atom stereocenters. The molecule has 33 heavy (non-hydrogen) atoms. The van der Waals surface area contributed by atoms with Crippen LogP contribution in [0.15, 0.2) is 52.4 Å². The molecule has 1 fully saturated rings. The predicted molar refractivity (Wildman–Crippen MR) is 131 cm³/mol. The van der Waals surface area contributed by atoms with E-state index in [1.807, 2.05) is 56.3 Å². The summed E-state index contributed by atoms with van der Waals surface area (Å²) in [4.78, 5) is 34.3. The van der Waals surface area contributed by atoms with Gasteiger partial charge in [0.15, 0.2) is 5.16 Å². The molecule has 0 radical (unpaired) electrons. The lowest BCUT2D eigenvalue weighted by Gasteiger charge is -2.16. The number of nitrogens with one attached hydrogen (secondary N) is 2. The number of H-pyrrole nitrogens is 1. The lowest BCUT2D eigenvalue weighted by Crippen LogP contribution is -2.33. The third kappa shape index (κ3) is 4.16. The van der Waals surface area contributed by atoms with Crippen LogP contribution < -0.4 is 10.9 Å². The number of ether oxygens (including phenoxy) is 1. The second kappa shape index (κ2) is 9.03. The van der Waals surface area contributed by atoms with Gasteiger partial charge >= 0.3 is 0 Å². The third-order valence-corrected chi connectivity index (χ3v) is 7.13. The second-order valence-corrected chi connectivity index (χ2v) is 9.32. The van der Waals surface area contributed by atoms with Crippen molar-refractivity contribution in [3.8, 4) is 5.69 Å². The molecule has 8 heteroatoms. The molecule has 3 heterocycles. The van der Waals surface area contributed by atoms with E-state index in [9.17, 15) is 9.59 Å². The number of amides is 1. The third-order valence-electron chi connectivity index (χ3n) is 6.19. The van der Waals surface area contributed by atoms with E-state index >= 15 is 0 Å². The first-order chi connectivity index (χ1) is 16.0. The highest BCUT2D eigenvalue weighted by Crippen LogP contribution is 2.27. The number of nitrogens with zero attached hydrogens (tertiary/aromatic N) is 2. The minimum Gasteiger partial charge on any atom is -0.376 e. The van der Waals surface area contributed by atoms with Crippen molar-refractivity contribution in [3.05, 3.63) is 63.9 Å². The highest BCUT2D eigenvalue weighted by atomic mass is 32.2. The zero-order valence-electron chi connectivity index (χ0n) is 18.7. The Hall–Kier alpha value is -3.10. The highest BCUT2D eigenvalue weighted by Gasteiger charge is 2.20. The van der Waals surface area contributed by atoms with Gasteiger partial charge in [-0.05, 0) is 49.9 Å². The Morgan fingerprint density at radius 3 is 2.91 bits per heavy atom. The zero-order chi connectivity index (χ0) is 22.9. The van der Waals surface area contributed by atoms with Crippen molar-refractivity contribution in [1.82, 2.24) is 19.9 Å². The largest absolute Gasteiger partial charge is 0.376 e. The van der Waals surface area contributed by atoms with Gasteiger partial charge in [-0.3, -0.25) is 14.2 Å². The molecule has 1 aliphatic rings. The Morgan fingerprint density at radius 2 is 2.09 bits per heavy atom. The van der Waals surface area contributed by atoms with Crippen LogP contribution in [0.2, 0.25) is 0 Å². The number of carbonyl (C=O) groups excluding carboxylic acids is 1. The minimum atomic E-state index is -0.174. The Kier molecular flexibility index (Phi) is 5.95. The molecule has 2 N–H and O–H groups in total. The van der Waals surface area contributed by atoms with Crippen LogP contribution in [0.5, 0.6) is 0 Å². The molecular formula is C25H26N4O3S. The molecule has 1 saturated heterocycles. The van der Waals surface area contributed by atoms with E-state index in [1.165, 1.54) is 11.8 Å². The number of benzene rings is 2. The summed E-state index contributed by atoms with van der Waals surface area (Å²) in [5.41, 5.74) is 4.63. The van der Waals surface area contributed by atoms with Crippen LogP contribution in [0, 0.1) is 13.8 Å². The maximum Gasteiger partial charge on any atom is 0.283 e.